The third-order valence-electron chi connectivity index (χ3n) is 3.07. The monoisotopic (exact) mass is 375 g/mol. The highest BCUT2D eigenvalue weighted by Crippen LogP contribution is 2.28. The summed E-state index contributed by atoms with van der Waals surface area (Å²) in [5.74, 6) is -0.694. The number of rotatable bonds is 5. The lowest BCUT2D eigenvalue weighted by Crippen LogP contribution is -2.34. The summed E-state index contributed by atoms with van der Waals surface area (Å²) in [6, 6.07) is 9.46. The first-order chi connectivity index (χ1) is 10.7. The van der Waals surface area contributed by atoms with E-state index in [1.807, 2.05) is 6.92 Å². The topological polar surface area (TPSA) is 54.5 Å². The van der Waals surface area contributed by atoms with Gasteiger partial charge in [-0.2, -0.15) is 0 Å². The highest BCUT2D eigenvalue weighted by Gasteiger charge is 2.27. The first-order valence-corrected chi connectivity index (χ1v) is 8.64. The SMILES string of the molecule is Cc1ccc(S(=O)(=O)N(CC(=O)Cl)c2ccc(F)c(Cl)c2)cc1. The minimum absolute atomic E-state index is 0.0125. The van der Waals surface area contributed by atoms with Crippen LogP contribution in [-0.2, 0) is 14.8 Å². The van der Waals surface area contributed by atoms with Crippen LogP contribution in [-0.4, -0.2) is 20.2 Å². The molecule has 0 amide bonds. The average molecular weight is 376 g/mol. The maximum absolute atomic E-state index is 13.3. The zero-order valence-corrected chi connectivity index (χ0v) is 14.3. The van der Waals surface area contributed by atoms with E-state index in [0.717, 1.165) is 22.0 Å². The number of sulfonamides is 1. The maximum atomic E-state index is 13.3. The standard InChI is InChI=1S/C15H12Cl2FNO3S/c1-10-2-5-12(6-3-10)23(21,22)19(9-15(17)20)11-4-7-14(18)13(16)8-11/h2-8H,9H2,1H3. The Bertz CT molecular complexity index is 838. The molecule has 0 aliphatic carbocycles. The highest BCUT2D eigenvalue weighted by molar-refractivity contribution is 7.92. The summed E-state index contributed by atoms with van der Waals surface area (Å²) < 4.78 is 39.6. The second kappa shape index (κ2) is 6.86. The number of halogens is 3. The van der Waals surface area contributed by atoms with E-state index < -0.39 is 27.6 Å². The first-order valence-electron chi connectivity index (χ1n) is 6.44. The van der Waals surface area contributed by atoms with Crippen molar-refractivity contribution in [1.29, 1.82) is 0 Å². The molecule has 0 fully saturated rings. The highest BCUT2D eigenvalue weighted by atomic mass is 35.5. The molecule has 0 aliphatic rings. The predicted molar refractivity (Wildman–Crippen MR) is 88.0 cm³/mol. The van der Waals surface area contributed by atoms with Crippen molar-refractivity contribution in [3.63, 3.8) is 0 Å². The molecule has 0 heterocycles. The molecule has 0 aliphatic heterocycles. The van der Waals surface area contributed by atoms with Crippen LogP contribution in [0.4, 0.5) is 10.1 Å². The minimum atomic E-state index is -4.05. The number of carbonyl (C=O) groups excluding carboxylic acids is 1. The van der Waals surface area contributed by atoms with Crippen LogP contribution >= 0.6 is 23.2 Å². The lowest BCUT2D eigenvalue weighted by atomic mass is 10.2. The molecule has 2 aromatic carbocycles. The molecule has 2 aromatic rings. The Morgan fingerprint density at radius 3 is 2.30 bits per heavy atom. The Hall–Kier alpha value is -1.63. The fraction of sp³-hybridized carbons (Fsp3) is 0.133. The van der Waals surface area contributed by atoms with E-state index in [2.05, 4.69) is 0 Å². The van der Waals surface area contributed by atoms with E-state index in [1.165, 1.54) is 18.2 Å². The smallest absolute Gasteiger partial charge is 0.264 e. The fourth-order valence-electron chi connectivity index (χ4n) is 1.91. The number of aryl methyl sites for hydroxylation is 1. The molecule has 0 bridgehead atoms. The van der Waals surface area contributed by atoms with Crippen molar-refractivity contribution in [1.82, 2.24) is 0 Å². The molecule has 0 atom stereocenters. The normalized spacial score (nSPS) is 11.3. The van der Waals surface area contributed by atoms with Crippen molar-refractivity contribution in [3.8, 4) is 0 Å². The number of hydrogen-bond donors (Lipinski definition) is 0. The molecule has 0 aromatic heterocycles. The van der Waals surface area contributed by atoms with Gasteiger partial charge in [-0.15, -0.1) is 0 Å². The Morgan fingerprint density at radius 2 is 1.78 bits per heavy atom. The van der Waals surface area contributed by atoms with Gasteiger partial charge >= 0.3 is 0 Å². The summed E-state index contributed by atoms with van der Waals surface area (Å²) in [6.45, 7) is 1.22. The van der Waals surface area contributed by atoms with Crippen molar-refractivity contribution in [2.24, 2.45) is 0 Å². The van der Waals surface area contributed by atoms with Gasteiger partial charge in [0.25, 0.3) is 10.0 Å². The van der Waals surface area contributed by atoms with E-state index in [1.54, 1.807) is 12.1 Å². The second-order valence-electron chi connectivity index (χ2n) is 4.78. The summed E-state index contributed by atoms with van der Waals surface area (Å²) in [6.07, 6.45) is 0. The van der Waals surface area contributed by atoms with E-state index in [-0.39, 0.29) is 15.6 Å². The van der Waals surface area contributed by atoms with Gasteiger partial charge < -0.3 is 0 Å². The van der Waals surface area contributed by atoms with Gasteiger partial charge in [-0.05, 0) is 48.9 Å². The molecule has 8 heteroatoms. The fourth-order valence-corrected chi connectivity index (χ4v) is 3.68. The van der Waals surface area contributed by atoms with Crippen LogP contribution in [0.1, 0.15) is 5.56 Å². The zero-order chi connectivity index (χ0) is 17.2. The van der Waals surface area contributed by atoms with Gasteiger partial charge in [0, 0.05) is 0 Å². The van der Waals surface area contributed by atoms with Crippen molar-refractivity contribution in [3.05, 3.63) is 58.9 Å². The van der Waals surface area contributed by atoms with Gasteiger partial charge in [0.15, 0.2) is 0 Å². The first kappa shape index (κ1) is 17.7. The molecule has 0 N–H and O–H groups in total. The van der Waals surface area contributed by atoms with Crippen molar-refractivity contribution in [2.75, 3.05) is 10.8 Å². The van der Waals surface area contributed by atoms with Gasteiger partial charge in [-0.3, -0.25) is 9.10 Å². The molecule has 0 spiro atoms. The number of carbonyl (C=O) groups is 1. The van der Waals surface area contributed by atoms with Crippen molar-refractivity contribution in [2.45, 2.75) is 11.8 Å². The Balaban J connectivity index is 2.55. The number of benzene rings is 2. The summed E-state index contributed by atoms with van der Waals surface area (Å²) in [5, 5.41) is -1.13. The molecule has 2 rings (SSSR count). The summed E-state index contributed by atoms with van der Waals surface area (Å²) >= 11 is 11.1. The van der Waals surface area contributed by atoms with Crippen LogP contribution in [0.15, 0.2) is 47.4 Å². The van der Waals surface area contributed by atoms with Gasteiger partial charge in [0.2, 0.25) is 5.24 Å². The second-order valence-corrected chi connectivity index (χ2v) is 7.47. The molecule has 0 saturated carbocycles. The summed E-state index contributed by atoms with van der Waals surface area (Å²) in [4.78, 5) is 11.3. The molecular weight excluding hydrogens is 364 g/mol. The Kier molecular flexibility index (Phi) is 5.29. The van der Waals surface area contributed by atoms with E-state index in [9.17, 15) is 17.6 Å². The third-order valence-corrected chi connectivity index (χ3v) is 5.27. The van der Waals surface area contributed by atoms with Gasteiger partial charge in [0.1, 0.15) is 12.4 Å². The van der Waals surface area contributed by atoms with Gasteiger partial charge in [-0.25, -0.2) is 12.8 Å². The van der Waals surface area contributed by atoms with E-state index in [4.69, 9.17) is 23.2 Å². The summed E-state index contributed by atoms with van der Waals surface area (Å²) in [5.41, 5.74) is 0.930. The molecule has 0 radical (unpaired) electrons. The van der Waals surface area contributed by atoms with Crippen LogP contribution in [0.5, 0.6) is 0 Å². The van der Waals surface area contributed by atoms with E-state index >= 15 is 0 Å². The van der Waals surface area contributed by atoms with Crippen molar-refractivity contribution >= 4 is 44.2 Å². The van der Waals surface area contributed by atoms with Crippen LogP contribution in [0.2, 0.25) is 5.02 Å². The molecule has 0 saturated heterocycles. The van der Waals surface area contributed by atoms with Gasteiger partial charge in [-0.1, -0.05) is 29.3 Å². The van der Waals surface area contributed by atoms with Gasteiger partial charge in [0.05, 0.1) is 15.6 Å². The molecule has 122 valence electrons. The lowest BCUT2D eigenvalue weighted by molar-refractivity contribution is -0.110. The maximum Gasteiger partial charge on any atom is 0.264 e. The zero-order valence-electron chi connectivity index (χ0n) is 12.0. The lowest BCUT2D eigenvalue weighted by Gasteiger charge is -2.23. The average Bonchev–Trinajstić information content (AvgIpc) is 2.48. The van der Waals surface area contributed by atoms with Crippen LogP contribution in [0.25, 0.3) is 0 Å². The van der Waals surface area contributed by atoms with Crippen molar-refractivity contribution < 1.29 is 17.6 Å². The minimum Gasteiger partial charge on any atom is -0.279 e. The number of hydrogen-bond acceptors (Lipinski definition) is 3. The Labute approximate surface area is 143 Å². The third kappa shape index (κ3) is 4.02. The molecule has 23 heavy (non-hydrogen) atoms. The molecular formula is C15H12Cl2FNO3S. The van der Waals surface area contributed by atoms with E-state index in [0.29, 0.717) is 0 Å². The molecule has 0 unspecified atom stereocenters. The summed E-state index contributed by atoms with van der Waals surface area (Å²) in [7, 11) is -4.05. The predicted octanol–water partition coefficient (Wildman–Crippen LogP) is 3.75. The quantitative estimate of drug-likeness (QED) is 0.747. The largest absolute Gasteiger partial charge is 0.279 e. The Morgan fingerprint density at radius 1 is 1.17 bits per heavy atom. The van der Waals surface area contributed by atoms with Crippen LogP contribution in [0.3, 0.4) is 0 Å². The molecule has 4 nitrogen and oxygen atoms in total. The number of nitrogens with zero attached hydrogens (tertiary/aromatic N) is 1. The number of anilines is 1. The van der Waals surface area contributed by atoms with Crippen LogP contribution < -0.4 is 4.31 Å². The van der Waals surface area contributed by atoms with Crippen LogP contribution in [0, 0.1) is 12.7 Å².